The van der Waals surface area contributed by atoms with Crippen LogP contribution in [-0.4, -0.2) is 50.2 Å². The molecule has 0 amide bonds. The second kappa shape index (κ2) is 8.90. The molecular weight excluding hydrogens is 368 g/mol. The first-order valence-corrected chi connectivity index (χ1v) is 10.7. The van der Waals surface area contributed by atoms with Crippen molar-refractivity contribution in [2.24, 2.45) is 0 Å². The van der Waals surface area contributed by atoms with E-state index in [2.05, 4.69) is 29.2 Å². The number of hydrogen-bond donors (Lipinski definition) is 1. The summed E-state index contributed by atoms with van der Waals surface area (Å²) in [4.78, 5) is 6.90. The molecule has 1 N–H and O–H groups in total. The zero-order valence-electron chi connectivity index (χ0n) is 16.1. The van der Waals surface area contributed by atoms with Crippen LogP contribution >= 0.6 is 11.8 Å². The third kappa shape index (κ3) is 5.01. The first kappa shape index (κ1) is 19.2. The van der Waals surface area contributed by atoms with Crippen LogP contribution in [0.1, 0.15) is 30.1 Å². The Balaban J connectivity index is 1.34. The Hall–Kier alpha value is -2.15. The minimum atomic E-state index is -0.424. The van der Waals surface area contributed by atoms with E-state index < -0.39 is 6.10 Å². The van der Waals surface area contributed by atoms with Crippen molar-refractivity contribution in [1.29, 1.82) is 0 Å². The van der Waals surface area contributed by atoms with Gasteiger partial charge in [-0.15, -0.1) is 5.10 Å². The zero-order valence-corrected chi connectivity index (χ0v) is 16.9. The van der Waals surface area contributed by atoms with Crippen LogP contribution in [0.4, 0.5) is 0 Å². The largest absolute Gasteiger partial charge is 0.391 e. The molecule has 1 heterocycles. The smallest absolute Gasteiger partial charge is 0.209 e. The summed E-state index contributed by atoms with van der Waals surface area (Å²) >= 11 is 1.53. The average Bonchev–Trinajstić information content (AvgIpc) is 3.47. The van der Waals surface area contributed by atoms with E-state index in [1.165, 1.54) is 30.2 Å². The zero-order chi connectivity index (χ0) is 19.3. The van der Waals surface area contributed by atoms with E-state index in [0.717, 1.165) is 23.2 Å². The predicted molar refractivity (Wildman–Crippen MR) is 113 cm³/mol. The number of aliphatic hydroxyl groups excluding tert-OH is 1. The highest BCUT2D eigenvalue weighted by Crippen LogP contribution is 2.40. The van der Waals surface area contributed by atoms with E-state index in [4.69, 9.17) is 10.1 Å². The van der Waals surface area contributed by atoms with Crippen molar-refractivity contribution in [3.63, 3.8) is 0 Å². The molecule has 1 saturated carbocycles. The molecule has 4 rings (SSSR count). The lowest BCUT2D eigenvalue weighted by Gasteiger charge is -2.20. The molecule has 6 heteroatoms. The fraction of sp³-hybridized carbons (Fsp3) is 0.364. The van der Waals surface area contributed by atoms with Gasteiger partial charge in [0.05, 0.1) is 11.8 Å². The van der Waals surface area contributed by atoms with Gasteiger partial charge in [0, 0.05) is 24.8 Å². The minimum Gasteiger partial charge on any atom is -0.391 e. The van der Waals surface area contributed by atoms with Crippen LogP contribution in [0.3, 0.4) is 0 Å². The molecular formula is C22H26N4OS. The SMILES string of the molecule is CN(Cc1ccccc1)C[C@H](O)CSc1nc(C2CC2)n(-c2ccccc2)n1. The van der Waals surface area contributed by atoms with Crippen molar-refractivity contribution < 1.29 is 5.11 Å². The maximum atomic E-state index is 10.4. The van der Waals surface area contributed by atoms with Gasteiger partial charge in [-0.2, -0.15) is 0 Å². The first-order valence-electron chi connectivity index (χ1n) is 9.75. The second-order valence-electron chi connectivity index (χ2n) is 7.42. The highest BCUT2D eigenvalue weighted by Gasteiger charge is 2.30. The van der Waals surface area contributed by atoms with Gasteiger partial charge < -0.3 is 5.11 Å². The maximum absolute atomic E-state index is 10.4. The molecule has 0 saturated heterocycles. The van der Waals surface area contributed by atoms with Crippen LogP contribution in [0.15, 0.2) is 65.8 Å². The summed E-state index contributed by atoms with van der Waals surface area (Å²) in [6, 6.07) is 20.5. The van der Waals surface area contributed by atoms with Gasteiger partial charge in [-0.05, 0) is 37.6 Å². The van der Waals surface area contributed by atoms with Gasteiger partial charge in [-0.1, -0.05) is 60.3 Å². The number of likely N-dealkylation sites (N-methyl/N-ethyl adjacent to an activating group) is 1. The topological polar surface area (TPSA) is 54.2 Å². The lowest BCUT2D eigenvalue weighted by atomic mass is 10.2. The highest BCUT2D eigenvalue weighted by molar-refractivity contribution is 7.99. The van der Waals surface area contributed by atoms with Gasteiger partial charge in [-0.25, -0.2) is 9.67 Å². The standard InChI is InChI=1S/C22H26N4OS/c1-25(14-17-8-4-2-5-9-17)15-20(27)16-28-22-23-21(18-12-13-18)26(24-22)19-10-6-3-7-11-19/h2-11,18,20,27H,12-16H2,1H3/t20-/m0/s1. The summed E-state index contributed by atoms with van der Waals surface area (Å²) in [6.45, 7) is 1.45. The summed E-state index contributed by atoms with van der Waals surface area (Å²) < 4.78 is 1.97. The lowest BCUT2D eigenvalue weighted by molar-refractivity contribution is 0.142. The molecule has 28 heavy (non-hydrogen) atoms. The van der Waals surface area contributed by atoms with Gasteiger partial charge in [0.25, 0.3) is 0 Å². The fourth-order valence-electron chi connectivity index (χ4n) is 3.27. The average molecular weight is 395 g/mol. The Morgan fingerprint density at radius 2 is 1.79 bits per heavy atom. The summed E-state index contributed by atoms with van der Waals surface area (Å²) in [5.41, 5.74) is 2.30. The van der Waals surface area contributed by atoms with Crippen LogP contribution < -0.4 is 0 Å². The molecule has 1 atom stereocenters. The van der Waals surface area contributed by atoms with Crippen molar-refractivity contribution in [3.8, 4) is 5.69 Å². The van der Waals surface area contributed by atoms with E-state index in [0.29, 0.717) is 18.2 Å². The van der Waals surface area contributed by atoms with E-state index >= 15 is 0 Å². The first-order chi connectivity index (χ1) is 13.7. The molecule has 146 valence electrons. The molecule has 3 aromatic rings. The Labute approximate surface area is 170 Å². The number of rotatable bonds is 9. The van der Waals surface area contributed by atoms with Crippen LogP contribution in [0.2, 0.25) is 0 Å². The van der Waals surface area contributed by atoms with Crippen molar-refractivity contribution in [2.45, 2.75) is 36.6 Å². The summed E-state index contributed by atoms with van der Waals surface area (Å²) in [5, 5.41) is 15.9. The van der Waals surface area contributed by atoms with Gasteiger partial charge in [-0.3, -0.25) is 4.90 Å². The number of benzene rings is 2. The van der Waals surface area contributed by atoms with E-state index in [9.17, 15) is 5.11 Å². The third-order valence-electron chi connectivity index (χ3n) is 4.78. The second-order valence-corrected chi connectivity index (χ2v) is 8.41. The fourth-order valence-corrected chi connectivity index (χ4v) is 4.02. The highest BCUT2D eigenvalue weighted by atomic mass is 32.2. The van der Waals surface area contributed by atoms with Gasteiger partial charge in [0.1, 0.15) is 5.82 Å². The van der Waals surface area contributed by atoms with Crippen LogP contribution in [0.5, 0.6) is 0 Å². The molecule has 2 aromatic carbocycles. The molecule has 0 bridgehead atoms. The number of aromatic nitrogens is 3. The molecule has 0 spiro atoms. The number of thioether (sulfide) groups is 1. The number of aliphatic hydroxyl groups is 1. The molecule has 0 aliphatic heterocycles. The minimum absolute atomic E-state index is 0.424. The van der Waals surface area contributed by atoms with Gasteiger partial charge >= 0.3 is 0 Å². The molecule has 1 aliphatic rings. The van der Waals surface area contributed by atoms with Crippen LogP contribution in [0, 0.1) is 0 Å². The Bertz CT molecular complexity index is 880. The molecule has 0 radical (unpaired) electrons. The molecule has 1 aliphatic carbocycles. The Morgan fingerprint density at radius 1 is 1.11 bits per heavy atom. The molecule has 0 unspecified atom stereocenters. The van der Waals surface area contributed by atoms with Crippen LogP contribution in [-0.2, 0) is 6.54 Å². The van der Waals surface area contributed by atoms with Crippen LogP contribution in [0.25, 0.3) is 5.69 Å². The lowest BCUT2D eigenvalue weighted by Crippen LogP contribution is -2.30. The molecule has 1 fully saturated rings. The van der Waals surface area contributed by atoms with Crippen molar-refractivity contribution in [2.75, 3.05) is 19.3 Å². The molecule has 1 aromatic heterocycles. The Morgan fingerprint density at radius 3 is 2.46 bits per heavy atom. The van der Waals surface area contributed by atoms with E-state index in [1.807, 2.05) is 48.1 Å². The quantitative estimate of drug-likeness (QED) is 0.561. The van der Waals surface area contributed by atoms with Crippen molar-refractivity contribution in [3.05, 3.63) is 72.1 Å². The van der Waals surface area contributed by atoms with E-state index in [1.54, 1.807) is 0 Å². The Kier molecular flexibility index (Phi) is 6.10. The van der Waals surface area contributed by atoms with Crippen molar-refractivity contribution >= 4 is 11.8 Å². The summed E-state index contributed by atoms with van der Waals surface area (Å²) in [7, 11) is 2.04. The normalized spacial score (nSPS) is 15.1. The van der Waals surface area contributed by atoms with Crippen molar-refractivity contribution in [1.82, 2.24) is 19.7 Å². The van der Waals surface area contributed by atoms with Gasteiger partial charge in [0.15, 0.2) is 0 Å². The maximum Gasteiger partial charge on any atom is 0.209 e. The predicted octanol–water partition coefficient (Wildman–Crippen LogP) is 3.73. The number of nitrogens with zero attached hydrogens (tertiary/aromatic N) is 4. The number of para-hydroxylation sites is 1. The monoisotopic (exact) mass is 394 g/mol. The van der Waals surface area contributed by atoms with Gasteiger partial charge in [0.2, 0.25) is 5.16 Å². The molecule has 5 nitrogen and oxygen atoms in total. The summed E-state index contributed by atoms with van der Waals surface area (Å²) in [5.74, 6) is 2.15. The number of hydrogen-bond acceptors (Lipinski definition) is 5. The van der Waals surface area contributed by atoms with E-state index in [-0.39, 0.29) is 0 Å². The third-order valence-corrected chi connectivity index (χ3v) is 5.76. The summed E-state index contributed by atoms with van der Waals surface area (Å²) in [6.07, 6.45) is 1.94.